The standard InChI is InChI=1S/C19H21N7O3S/c1-24-11-20-16-14(24)17(27)26(19(28)25(16)2)9-4-10-30-18-21-15(22-23-18)12-5-7-13(29-3)8-6-12/h5-8,11H,4,9-10H2,1-3H3,(H,21,22,23). The number of thioether (sulfide) groups is 1. The SMILES string of the molecule is COc1ccc(-c2nc(SCCCn3c(=O)c4c(ncn4C)n(C)c3=O)n[nH]2)cc1. The first-order chi connectivity index (χ1) is 14.5. The van der Waals surface area contributed by atoms with E-state index in [-0.39, 0.29) is 11.2 Å². The average Bonchev–Trinajstić information content (AvgIpc) is 3.38. The normalized spacial score (nSPS) is 11.3. The Morgan fingerprint density at radius 3 is 2.67 bits per heavy atom. The van der Waals surface area contributed by atoms with E-state index in [0.717, 1.165) is 11.3 Å². The van der Waals surface area contributed by atoms with Crippen LogP contribution < -0.4 is 16.0 Å². The highest BCUT2D eigenvalue weighted by atomic mass is 32.2. The lowest BCUT2D eigenvalue weighted by Crippen LogP contribution is -2.39. The van der Waals surface area contributed by atoms with Crippen molar-refractivity contribution in [1.82, 2.24) is 33.9 Å². The topological polar surface area (TPSA) is 113 Å². The molecule has 11 heteroatoms. The van der Waals surface area contributed by atoms with E-state index in [2.05, 4.69) is 20.2 Å². The molecule has 0 spiro atoms. The highest BCUT2D eigenvalue weighted by Crippen LogP contribution is 2.22. The van der Waals surface area contributed by atoms with Gasteiger partial charge in [-0.2, -0.15) is 0 Å². The second kappa shape index (κ2) is 8.19. The Labute approximate surface area is 175 Å². The Morgan fingerprint density at radius 1 is 1.17 bits per heavy atom. The van der Waals surface area contributed by atoms with E-state index >= 15 is 0 Å². The Hall–Kier alpha value is -3.34. The van der Waals surface area contributed by atoms with Gasteiger partial charge in [0.25, 0.3) is 5.56 Å². The van der Waals surface area contributed by atoms with E-state index in [0.29, 0.717) is 40.9 Å². The molecule has 1 N–H and O–H groups in total. The number of rotatable bonds is 7. The predicted octanol–water partition coefficient (Wildman–Crippen LogP) is 1.41. The van der Waals surface area contributed by atoms with E-state index in [4.69, 9.17) is 4.74 Å². The number of aromatic nitrogens is 7. The van der Waals surface area contributed by atoms with E-state index in [9.17, 15) is 9.59 Å². The molecule has 0 bridgehead atoms. The van der Waals surface area contributed by atoms with Gasteiger partial charge in [0.2, 0.25) is 5.16 Å². The van der Waals surface area contributed by atoms with Crippen LogP contribution in [-0.4, -0.2) is 46.7 Å². The summed E-state index contributed by atoms with van der Waals surface area (Å²) >= 11 is 1.47. The van der Waals surface area contributed by atoms with Crippen LogP contribution in [0.3, 0.4) is 0 Å². The first-order valence-corrected chi connectivity index (χ1v) is 10.3. The molecule has 0 aliphatic carbocycles. The molecule has 1 aromatic carbocycles. The fourth-order valence-electron chi connectivity index (χ4n) is 3.17. The van der Waals surface area contributed by atoms with Crippen molar-refractivity contribution in [3.63, 3.8) is 0 Å². The van der Waals surface area contributed by atoms with E-state index in [1.165, 1.54) is 27.2 Å². The van der Waals surface area contributed by atoms with Gasteiger partial charge in [-0.25, -0.2) is 14.8 Å². The van der Waals surface area contributed by atoms with Crippen LogP contribution in [0.1, 0.15) is 6.42 Å². The lowest BCUT2D eigenvalue weighted by atomic mass is 10.2. The number of ether oxygens (including phenoxy) is 1. The number of nitrogens with zero attached hydrogens (tertiary/aromatic N) is 6. The third-order valence-electron chi connectivity index (χ3n) is 4.79. The van der Waals surface area contributed by atoms with Crippen LogP contribution in [0.2, 0.25) is 0 Å². The molecule has 30 heavy (non-hydrogen) atoms. The zero-order valence-corrected chi connectivity index (χ0v) is 17.6. The second-order valence-corrected chi connectivity index (χ2v) is 7.79. The first kappa shape index (κ1) is 20.0. The molecule has 0 atom stereocenters. The van der Waals surface area contributed by atoms with Crippen LogP contribution in [0, 0.1) is 0 Å². The minimum absolute atomic E-state index is 0.315. The van der Waals surface area contributed by atoms with Crippen molar-refractivity contribution in [2.24, 2.45) is 14.1 Å². The van der Waals surface area contributed by atoms with Crippen molar-refractivity contribution >= 4 is 22.9 Å². The number of hydrogen-bond donors (Lipinski definition) is 1. The molecule has 0 aliphatic heterocycles. The minimum Gasteiger partial charge on any atom is -0.497 e. The van der Waals surface area contributed by atoms with Gasteiger partial charge >= 0.3 is 5.69 Å². The molecule has 0 aliphatic rings. The summed E-state index contributed by atoms with van der Waals surface area (Å²) in [6, 6.07) is 7.54. The maximum atomic E-state index is 12.7. The minimum atomic E-state index is -0.365. The largest absolute Gasteiger partial charge is 0.497 e. The lowest BCUT2D eigenvalue weighted by Gasteiger charge is -2.08. The van der Waals surface area contributed by atoms with Gasteiger partial charge in [0.15, 0.2) is 17.0 Å². The molecule has 0 unspecified atom stereocenters. The molecule has 4 aromatic rings. The van der Waals surface area contributed by atoms with Crippen LogP contribution in [0.15, 0.2) is 45.3 Å². The van der Waals surface area contributed by atoms with E-state index in [1.807, 2.05) is 24.3 Å². The molecule has 0 amide bonds. The Bertz CT molecular complexity index is 1300. The van der Waals surface area contributed by atoms with Gasteiger partial charge in [0, 0.05) is 32.0 Å². The van der Waals surface area contributed by atoms with Crippen LogP contribution in [0.5, 0.6) is 5.75 Å². The summed E-state index contributed by atoms with van der Waals surface area (Å²) in [5.74, 6) is 2.12. The van der Waals surface area contributed by atoms with Gasteiger partial charge in [0.05, 0.1) is 13.4 Å². The zero-order chi connectivity index (χ0) is 21.3. The van der Waals surface area contributed by atoms with E-state index < -0.39 is 0 Å². The summed E-state index contributed by atoms with van der Waals surface area (Å²) in [6.45, 7) is 0.315. The molecule has 0 fully saturated rings. The summed E-state index contributed by atoms with van der Waals surface area (Å²) in [6.07, 6.45) is 2.16. The maximum Gasteiger partial charge on any atom is 0.332 e. The summed E-state index contributed by atoms with van der Waals surface area (Å²) < 4.78 is 9.45. The molecule has 0 saturated carbocycles. The molecule has 3 heterocycles. The number of fused-ring (bicyclic) bond motifs is 1. The number of H-pyrrole nitrogens is 1. The number of methoxy groups -OCH3 is 1. The number of nitrogens with one attached hydrogen (secondary N) is 1. The number of aryl methyl sites for hydroxylation is 2. The Kier molecular flexibility index (Phi) is 5.44. The molecular formula is C19H21N7O3S. The Balaban J connectivity index is 1.41. The molecular weight excluding hydrogens is 406 g/mol. The van der Waals surface area contributed by atoms with Crippen LogP contribution in [0.25, 0.3) is 22.6 Å². The summed E-state index contributed by atoms with van der Waals surface area (Å²) in [5.41, 5.74) is 1.04. The first-order valence-electron chi connectivity index (χ1n) is 9.30. The molecule has 3 aromatic heterocycles. The quantitative estimate of drug-likeness (QED) is 0.350. The number of imidazole rings is 1. The summed E-state index contributed by atoms with van der Waals surface area (Å²) in [5, 5.41) is 7.76. The van der Waals surface area contributed by atoms with Gasteiger partial charge in [-0.15, -0.1) is 5.10 Å². The molecule has 10 nitrogen and oxygen atoms in total. The van der Waals surface area contributed by atoms with Crippen molar-refractivity contribution in [2.45, 2.75) is 18.1 Å². The molecule has 0 radical (unpaired) electrons. The van der Waals surface area contributed by atoms with Gasteiger partial charge in [-0.1, -0.05) is 11.8 Å². The smallest absolute Gasteiger partial charge is 0.332 e. The second-order valence-electron chi connectivity index (χ2n) is 6.72. The van der Waals surface area contributed by atoms with Gasteiger partial charge in [-0.3, -0.25) is 19.0 Å². The predicted molar refractivity (Wildman–Crippen MR) is 114 cm³/mol. The average molecular weight is 427 g/mol. The molecule has 0 saturated heterocycles. The number of aromatic amines is 1. The van der Waals surface area contributed by atoms with Crippen LogP contribution in [0.4, 0.5) is 0 Å². The third kappa shape index (κ3) is 3.63. The summed E-state index contributed by atoms with van der Waals surface area (Å²) in [7, 11) is 4.98. The van der Waals surface area contributed by atoms with Crippen molar-refractivity contribution in [3.05, 3.63) is 51.4 Å². The lowest BCUT2D eigenvalue weighted by molar-refractivity contribution is 0.415. The maximum absolute atomic E-state index is 12.7. The highest BCUT2D eigenvalue weighted by Gasteiger charge is 2.14. The Morgan fingerprint density at radius 2 is 1.93 bits per heavy atom. The van der Waals surface area contributed by atoms with Gasteiger partial charge < -0.3 is 9.30 Å². The fourth-order valence-corrected chi connectivity index (χ4v) is 3.89. The number of benzene rings is 1. The van der Waals surface area contributed by atoms with Crippen molar-refractivity contribution in [2.75, 3.05) is 12.9 Å². The van der Waals surface area contributed by atoms with E-state index in [1.54, 1.807) is 25.8 Å². The third-order valence-corrected chi connectivity index (χ3v) is 5.72. The highest BCUT2D eigenvalue weighted by molar-refractivity contribution is 7.99. The molecule has 156 valence electrons. The zero-order valence-electron chi connectivity index (χ0n) is 16.8. The van der Waals surface area contributed by atoms with Crippen LogP contribution >= 0.6 is 11.8 Å². The van der Waals surface area contributed by atoms with Crippen molar-refractivity contribution in [1.29, 1.82) is 0 Å². The van der Waals surface area contributed by atoms with Crippen molar-refractivity contribution < 1.29 is 4.74 Å². The molecule has 4 rings (SSSR count). The fraction of sp³-hybridized carbons (Fsp3) is 0.316. The monoisotopic (exact) mass is 427 g/mol. The van der Waals surface area contributed by atoms with Crippen molar-refractivity contribution in [3.8, 4) is 17.1 Å². The van der Waals surface area contributed by atoms with Crippen LogP contribution in [-0.2, 0) is 20.6 Å². The number of hydrogen-bond acceptors (Lipinski definition) is 7. The van der Waals surface area contributed by atoms with Gasteiger partial charge in [-0.05, 0) is 30.7 Å². The van der Waals surface area contributed by atoms with Gasteiger partial charge in [0.1, 0.15) is 5.75 Å². The summed E-state index contributed by atoms with van der Waals surface area (Å²) in [4.78, 5) is 33.8.